The van der Waals surface area contributed by atoms with Gasteiger partial charge in [0.2, 0.25) is 0 Å². The smallest absolute Gasteiger partial charge is 0.307 e. The molecule has 1 amide bonds. The lowest BCUT2D eigenvalue weighted by Gasteiger charge is -2.21. The predicted molar refractivity (Wildman–Crippen MR) is 88.8 cm³/mol. The topological polar surface area (TPSA) is 55.4 Å². The molecule has 1 aliphatic heterocycles. The fraction of sp³-hybridized carbons (Fsp3) is 0.474. The highest BCUT2D eigenvalue weighted by atomic mass is 16.5. The van der Waals surface area contributed by atoms with Gasteiger partial charge in [-0.3, -0.25) is 9.59 Å². The van der Waals surface area contributed by atoms with Crippen LogP contribution in [0.15, 0.2) is 17.9 Å². The number of amides is 1. The summed E-state index contributed by atoms with van der Waals surface area (Å²) in [5, 5.41) is 2.91. The average Bonchev–Trinajstić information content (AvgIpc) is 3.20. The molecule has 1 aliphatic carbocycles. The molecule has 0 atom stereocenters. The van der Waals surface area contributed by atoms with Crippen molar-refractivity contribution in [3.05, 3.63) is 40.1 Å². The van der Waals surface area contributed by atoms with Crippen LogP contribution in [0.5, 0.6) is 0 Å². The molecule has 4 heteroatoms. The Morgan fingerprint density at radius 2 is 1.78 bits per heavy atom. The number of nitrogens with one attached hydrogen (secondary N) is 1. The maximum Gasteiger partial charge on any atom is 0.307 e. The van der Waals surface area contributed by atoms with Crippen LogP contribution in [-0.4, -0.2) is 17.4 Å². The average molecular weight is 313 g/mol. The van der Waals surface area contributed by atoms with Crippen molar-refractivity contribution in [3.8, 4) is 0 Å². The molecule has 23 heavy (non-hydrogen) atoms. The number of rotatable bonds is 3. The molecule has 2 aliphatic rings. The van der Waals surface area contributed by atoms with Gasteiger partial charge >= 0.3 is 5.97 Å². The van der Waals surface area contributed by atoms with Gasteiger partial charge in [-0.15, -0.1) is 0 Å². The number of hydrogen-bond acceptors (Lipinski definition) is 3. The van der Waals surface area contributed by atoms with E-state index in [0.29, 0.717) is 17.3 Å². The van der Waals surface area contributed by atoms with Gasteiger partial charge in [0.25, 0.3) is 5.91 Å². The van der Waals surface area contributed by atoms with Crippen LogP contribution in [0.2, 0.25) is 0 Å². The molecule has 3 rings (SSSR count). The van der Waals surface area contributed by atoms with Crippen molar-refractivity contribution >= 4 is 17.4 Å². The van der Waals surface area contributed by atoms with Crippen LogP contribution < -0.4 is 5.32 Å². The second-order valence-electron chi connectivity index (χ2n) is 7.18. The Morgan fingerprint density at radius 1 is 1.22 bits per heavy atom. The third kappa shape index (κ3) is 2.78. The number of ether oxygens (including phenoxy) is 1. The van der Waals surface area contributed by atoms with Crippen LogP contribution in [0, 0.1) is 13.8 Å². The number of carbonyl (C=O) groups excluding carboxylic acids is 2. The molecule has 4 nitrogen and oxygen atoms in total. The zero-order chi connectivity index (χ0) is 16.9. The van der Waals surface area contributed by atoms with Crippen molar-refractivity contribution in [2.24, 2.45) is 0 Å². The summed E-state index contributed by atoms with van der Waals surface area (Å²) in [6.45, 7) is 9.09. The highest BCUT2D eigenvalue weighted by molar-refractivity contribution is 6.24. The van der Waals surface area contributed by atoms with E-state index in [-0.39, 0.29) is 5.91 Å². The molecular weight excluding hydrogens is 290 g/mol. The highest BCUT2D eigenvalue weighted by Crippen LogP contribution is 2.43. The largest absolute Gasteiger partial charge is 0.428 e. The minimum absolute atomic E-state index is 0.184. The lowest BCUT2D eigenvalue weighted by molar-refractivity contribution is -0.137. The monoisotopic (exact) mass is 313 g/mol. The van der Waals surface area contributed by atoms with E-state index in [1.165, 1.54) is 25.3 Å². The van der Waals surface area contributed by atoms with E-state index < -0.39 is 11.5 Å². The molecule has 1 N–H and O–H groups in total. The first-order chi connectivity index (χ1) is 10.7. The minimum atomic E-state index is -0.688. The van der Waals surface area contributed by atoms with Crippen LogP contribution in [0.3, 0.4) is 0 Å². The number of carbonyl (C=O) groups is 2. The number of esters is 1. The zero-order valence-corrected chi connectivity index (χ0v) is 14.4. The van der Waals surface area contributed by atoms with Crippen molar-refractivity contribution < 1.29 is 14.3 Å². The molecule has 0 radical (unpaired) electrons. The quantitative estimate of drug-likeness (QED) is 0.871. The Labute approximate surface area is 136 Å². The zero-order valence-electron chi connectivity index (χ0n) is 14.4. The van der Waals surface area contributed by atoms with Gasteiger partial charge in [0, 0.05) is 6.92 Å². The summed E-state index contributed by atoms with van der Waals surface area (Å²) in [5.41, 5.74) is 4.14. The van der Waals surface area contributed by atoms with E-state index in [2.05, 4.69) is 17.4 Å². The molecule has 1 heterocycles. The second kappa shape index (κ2) is 5.22. The molecule has 0 spiro atoms. The molecule has 0 unspecified atom stereocenters. The Balaban J connectivity index is 2.17. The maximum absolute atomic E-state index is 12.6. The molecule has 1 aromatic rings. The van der Waals surface area contributed by atoms with Gasteiger partial charge in [-0.25, -0.2) is 0 Å². The van der Waals surface area contributed by atoms with Crippen LogP contribution >= 0.6 is 0 Å². The molecule has 122 valence electrons. The van der Waals surface area contributed by atoms with Crippen molar-refractivity contribution in [3.63, 3.8) is 0 Å². The lowest BCUT2D eigenvalue weighted by atomic mass is 9.90. The molecule has 1 saturated carbocycles. The van der Waals surface area contributed by atoms with Crippen molar-refractivity contribution in [1.82, 2.24) is 5.32 Å². The first kappa shape index (κ1) is 15.8. The van der Waals surface area contributed by atoms with Crippen molar-refractivity contribution in [2.75, 3.05) is 0 Å². The van der Waals surface area contributed by atoms with Crippen LogP contribution in [0.1, 0.15) is 61.8 Å². The molecule has 0 saturated heterocycles. The van der Waals surface area contributed by atoms with E-state index in [4.69, 9.17) is 4.74 Å². The Hall–Kier alpha value is -2.10. The van der Waals surface area contributed by atoms with Crippen LogP contribution in [-0.2, 0) is 14.3 Å². The Kier molecular flexibility index (Phi) is 3.58. The summed E-state index contributed by atoms with van der Waals surface area (Å²) in [5.74, 6) is 0.487. The van der Waals surface area contributed by atoms with E-state index in [1.54, 1.807) is 0 Å². The fourth-order valence-corrected chi connectivity index (χ4v) is 3.41. The molecular formula is C19H23NO3. The van der Waals surface area contributed by atoms with Crippen LogP contribution in [0.25, 0.3) is 5.57 Å². The van der Waals surface area contributed by atoms with Gasteiger partial charge in [-0.2, -0.15) is 0 Å². The third-order valence-corrected chi connectivity index (χ3v) is 4.55. The third-order valence-electron chi connectivity index (χ3n) is 4.55. The molecule has 1 fully saturated rings. The van der Waals surface area contributed by atoms with Gasteiger partial charge in [0.15, 0.2) is 0 Å². The Morgan fingerprint density at radius 3 is 2.26 bits per heavy atom. The van der Waals surface area contributed by atoms with E-state index in [0.717, 1.165) is 16.7 Å². The van der Waals surface area contributed by atoms with Crippen molar-refractivity contribution in [2.45, 2.75) is 58.9 Å². The normalized spacial score (nSPS) is 19.8. The molecule has 1 aromatic carbocycles. The molecule has 0 aromatic heterocycles. The van der Waals surface area contributed by atoms with E-state index in [1.807, 2.05) is 27.7 Å². The van der Waals surface area contributed by atoms with E-state index in [9.17, 15) is 9.59 Å². The lowest BCUT2D eigenvalue weighted by Crippen LogP contribution is -2.39. The maximum atomic E-state index is 12.6. The highest BCUT2D eigenvalue weighted by Gasteiger charge is 2.42. The van der Waals surface area contributed by atoms with Gasteiger partial charge in [-0.1, -0.05) is 12.1 Å². The molecule has 0 bridgehead atoms. The van der Waals surface area contributed by atoms with Gasteiger partial charge in [-0.05, 0) is 68.7 Å². The van der Waals surface area contributed by atoms with Gasteiger partial charge in [0.1, 0.15) is 5.76 Å². The van der Waals surface area contributed by atoms with Gasteiger partial charge < -0.3 is 10.1 Å². The minimum Gasteiger partial charge on any atom is -0.428 e. The SMILES string of the molecule is CC(=O)OC1=C(c2c(C)cc(C3CC3)cc2C)C(=O)NC1(C)C. The summed E-state index contributed by atoms with van der Waals surface area (Å²) in [7, 11) is 0. The summed E-state index contributed by atoms with van der Waals surface area (Å²) in [6.07, 6.45) is 2.49. The summed E-state index contributed by atoms with van der Waals surface area (Å²) in [6, 6.07) is 4.33. The van der Waals surface area contributed by atoms with Crippen LogP contribution in [0.4, 0.5) is 0 Å². The fourth-order valence-electron chi connectivity index (χ4n) is 3.41. The second-order valence-corrected chi connectivity index (χ2v) is 7.18. The number of benzene rings is 1. The van der Waals surface area contributed by atoms with E-state index >= 15 is 0 Å². The summed E-state index contributed by atoms with van der Waals surface area (Å²) in [4.78, 5) is 24.1. The first-order valence-corrected chi connectivity index (χ1v) is 8.08. The Bertz CT molecular complexity index is 716. The number of hydrogen-bond donors (Lipinski definition) is 1. The summed E-state index contributed by atoms with van der Waals surface area (Å²) < 4.78 is 5.42. The predicted octanol–water partition coefficient (Wildman–Crippen LogP) is 3.36. The number of aryl methyl sites for hydroxylation is 2. The van der Waals surface area contributed by atoms with Crippen molar-refractivity contribution in [1.29, 1.82) is 0 Å². The first-order valence-electron chi connectivity index (χ1n) is 8.08. The summed E-state index contributed by atoms with van der Waals surface area (Å²) >= 11 is 0. The standard InChI is InChI=1S/C19H23NO3/c1-10-8-14(13-6-7-13)9-11(2)15(10)16-17(23-12(3)21)19(4,5)20-18(16)22/h8-9,13H,6-7H2,1-5H3,(H,20,22). The van der Waals surface area contributed by atoms with Gasteiger partial charge in [0.05, 0.1) is 11.1 Å².